The van der Waals surface area contributed by atoms with Gasteiger partial charge in [0, 0.05) is 51.9 Å². The lowest BCUT2D eigenvalue weighted by molar-refractivity contribution is -0.113. The highest BCUT2D eigenvalue weighted by atomic mass is 19.1. The zero-order valence-corrected chi connectivity index (χ0v) is 17.7. The van der Waals surface area contributed by atoms with Gasteiger partial charge in [0.1, 0.15) is 11.4 Å². The molecule has 5 nitrogen and oxygen atoms in total. The van der Waals surface area contributed by atoms with Crippen LogP contribution in [0.4, 0.5) is 4.39 Å². The van der Waals surface area contributed by atoms with E-state index in [9.17, 15) is 9.18 Å². The number of alkyl halides is 1. The number of halogens is 1. The van der Waals surface area contributed by atoms with Crippen LogP contribution in [0.2, 0.25) is 0 Å². The Morgan fingerprint density at radius 2 is 1.96 bits per heavy atom. The number of carbonyl (C=O) groups excluding carboxylic acids is 1. The number of aromatic nitrogens is 1. The average Bonchev–Trinajstić information content (AvgIpc) is 2.65. The van der Waals surface area contributed by atoms with E-state index in [1.54, 1.807) is 20.0 Å². The van der Waals surface area contributed by atoms with Crippen LogP contribution in [0.25, 0.3) is 0 Å². The summed E-state index contributed by atoms with van der Waals surface area (Å²) in [6.07, 6.45) is 3.56. The Morgan fingerprint density at radius 1 is 1.25 bits per heavy atom. The van der Waals surface area contributed by atoms with Crippen molar-refractivity contribution in [3.63, 3.8) is 0 Å². The molecule has 3 heterocycles. The van der Waals surface area contributed by atoms with Crippen molar-refractivity contribution in [2.75, 3.05) is 39.3 Å². The highest BCUT2D eigenvalue weighted by Crippen LogP contribution is 2.39. The van der Waals surface area contributed by atoms with Crippen molar-refractivity contribution in [3.05, 3.63) is 30.1 Å². The summed E-state index contributed by atoms with van der Waals surface area (Å²) in [5.74, 6) is 0.0998. The van der Waals surface area contributed by atoms with Crippen LogP contribution in [0.5, 0.6) is 0 Å². The van der Waals surface area contributed by atoms with Crippen molar-refractivity contribution >= 4 is 5.78 Å². The first-order valence-corrected chi connectivity index (χ1v) is 10.4. The van der Waals surface area contributed by atoms with Gasteiger partial charge >= 0.3 is 0 Å². The molecule has 0 N–H and O–H groups in total. The number of carbonyl (C=O) groups is 1. The zero-order valence-electron chi connectivity index (χ0n) is 17.7. The number of nitrogens with zero attached hydrogens (tertiary/aromatic N) is 3. The lowest BCUT2D eigenvalue weighted by atomic mass is 9.75. The normalized spacial score (nSPS) is 26.9. The first-order chi connectivity index (χ1) is 13.1. The molecule has 1 aromatic heterocycles. The molecule has 1 unspecified atom stereocenters. The van der Waals surface area contributed by atoms with E-state index in [0.717, 1.165) is 32.7 Å². The van der Waals surface area contributed by atoms with Gasteiger partial charge in [0.15, 0.2) is 0 Å². The minimum Gasteiger partial charge on any atom is -0.375 e. The van der Waals surface area contributed by atoms with Gasteiger partial charge in [-0.3, -0.25) is 14.7 Å². The fourth-order valence-electron chi connectivity index (χ4n) is 4.51. The van der Waals surface area contributed by atoms with Crippen molar-refractivity contribution in [2.24, 2.45) is 0 Å². The quantitative estimate of drug-likeness (QED) is 0.696. The van der Waals surface area contributed by atoms with Gasteiger partial charge in [0.05, 0.1) is 11.1 Å². The molecule has 0 bridgehead atoms. The number of piperazine rings is 1. The molecule has 156 valence electrons. The monoisotopic (exact) mass is 391 g/mol. The van der Waals surface area contributed by atoms with Crippen LogP contribution in [0.3, 0.4) is 0 Å². The van der Waals surface area contributed by atoms with Crippen molar-refractivity contribution in [1.82, 2.24) is 14.8 Å². The highest BCUT2D eigenvalue weighted by Gasteiger charge is 2.51. The fraction of sp³-hybridized carbons (Fsp3) is 0.727. The molecule has 0 aromatic carbocycles. The summed E-state index contributed by atoms with van der Waals surface area (Å²) >= 11 is 0. The number of hydrogen-bond donors (Lipinski definition) is 0. The number of ether oxygens (including phenoxy) is 1. The van der Waals surface area contributed by atoms with E-state index in [1.807, 2.05) is 18.2 Å². The Hall–Kier alpha value is -1.37. The van der Waals surface area contributed by atoms with E-state index in [-0.39, 0.29) is 11.4 Å². The van der Waals surface area contributed by atoms with Crippen molar-refractivity contribution in [2.45, 2.75) is 63.8 Å². The second-order valence-corrected chi connectivity index (χ2v) is 9.41. The van der Waals surface area contributed by atoms with Gasteiger partial charge in [0.2, 0.25) is 5.78 Å². The van der Waals surface area contributed by atoms with Crippen molar-refractivity contribution in [3.8, 4) is 0 Å². The Labute approximate surface area is 168 Å². The predicted molar refractivity (Wildman–Crippen MR) is 108 cm³/mol. The average molecular weight is 392 g/mol. The number of pyridine rings is 1. The van der Waals surface area contributed by atoms with Crippen LogP contribution in [0, 0.1) is 0 Å². The smallest absolute Gasteiger partial charge is 0.201 e. The van der Waals surface area contributed by atoms with Gasteiger partial charge in [0.25, 0.3) is 0 Å². The van der Waals surface area contributed by atoms with Crippen molar-refractivity contribution < 1.29 is 13.9 Å². The van der Waals surface area contributed by atoms with E-state index in [4.69, 9.17) is 4.74 Å². The van der Waals surface area contributed by atoms with Crippen LogP contribution in [-0.4, -0.2) is 76.7 Å². The van der Waals surface area contributed by atoms with E-state index >= 15 is 0 Å². The Morgan fingerprint density at radius 3 is 2.54 bits per heavy atom. The Balaban J connectivity index is 1.77. The third-order valence-electron chi connectivity index (χ3n) is 6.05. The molecule has 2 saturated heterocycles. The molecule has 3 rings (SSSR count). The summed E-state index contributed by atoms with van der Waals surface area (Å²) in [6, 6.07) is 5.52. The fourth-order valence-corrected chi connectivity index (χ4v) is 4.51. The van der Waals surface area contributed by atoms with E-state index in [0.29, 0.717) is 31.6 Å². The molecular formula is C22H34FN3O2. The summed E-state index contributed by atoms with van der Waals surface area (Å²) in [4.78, 5) is 22.6. The Bertz CT molecular complexity index is 666. The molecule has 1 atom stereocenters. The minimum absolute atomic E-state index is 0.0998. The van der Waals surface area contributed by atoms with Crippen LogP contribution >= 0.6 is 0 Å². The summed E-state index contributed by atoms with van der Waals surface area (Å²) in [6.45, 7) is 12.0. The molecular weight excluding hydrogens is 357 g/mol. The van der Waals surface area contributed by atoms with Crippen molar-refractivity contribution in [1.29, 1.82) is 0 Å². The van der Waals surface area contributed by atoms with Gasteiger partial charge in [-0.25, -0.2) is 4.39 Å². The second kappa shape index (κ2) is 8.17. The van der Waals surface area contributed by atoms with E-state index in [2.05, 4.69) is 28.6 Å². The molecule has 28 heavy (non-hydrogen) atoms. The molecule has 0 saturated carbocycles. The molecule has 2 aliphatic rings. The topological polar surface area (TPSA) is 45.7 Å². The SMILES string of the molecule is CC(C)(F)CCN1CCN(C2(C(=O)c3ccccn3)CCOC(C)(C)C2)CC1. The summed E-state index contributed by atoms with van der Waals surface area (Å²) in [5, 5.41) is 0. The maximum atomic E-state index is 13.8. The molecule has 2 aliphatic heterocycles. The third-order valence-corrected chi connectivity index (χ3v) is 6.05. The van der Waals surface area contributed by atoms with Crippen LogP contribution in [0.1, 0.15) is 57.4 Å². The minimum atomic E-state index is -1.14. The van der Waals surface area contributed by atoms with Crippen LogP contribution in [-0.2, 0) is 4.74 Å². The third kappa shape index (κ3) is 4.97. The standard InChI is InChI=1S/C22H34FN3O2/c1-20(2,23)8-11-25-12-14-26(15-13-25)22(9-16-28-21(3,4)17-22)19(27)18-7-5-6-10-24-18/h5-7,10H,8-9,11-17H2,1-4H3. The number of Topliss-reactive ketones (excluding diaryl/α,β-unsaturated/α-hetero) is 1. The molecule has 0 radical (unpaired) electrons. The van der Waals surface area contributed by atoms with Gasteiger partial charge < -0.3 is 9.64 Å². The van der Waals surface area contributed by atoms with E-state index < -0.39 is 11.2 Å². The van der Waals surface area contributed by atoms with Gasteiger partial charge in [-0.05, 0) is 52.7 Å². The van der Waals surface area contributed by atoms with Gasteiger partial charge in [-0.2, -0.15) is 0 Å². The van der Waals surface area contributed by atoms with Crippen LogP contribution < -0.4 is 0 Å². The molecule has 0 aliphatic carbocycles. The number of rotatable bonds is 6. The Kier molecular flexibility index (Phi) is 6.23. The first-order valence-electron chi connectivity index (χ1n) is 10.4. The lowest BCUT2D eigenvalue weighted by Gasteiger charge is -2.52. The maximum Gasteiger partial charge on any atom is 0.201 e. The number of ketones is 1. The molecule has 2 fully saturated rings. The summed E-state index contributed by atoms with van der Waals surface area (Å²) in [7, 11) is 0. The maximum absolute atomic E-state index is 13.8. The zero-order chi connectivity index (χ0) is 20.4. The summed E-state index contributed by atoms with van der Waals surface area (Å²) in [5.41, 5.74) is -1.54. The van der Waals surface area contributed by atoms with Crippen LogP contribution in [0.15, 0.2) is 24.4 Å². The predicted octanol–water partition coefficient (Wildman–Crippen LogP) is 3.35. The lowest BCUT2D eigenvalue weighted by Crippen LogP contribution is -2.65. The van der Waals surface area contributed by atoms with Gasteiger partial charge in [-0.1, -0.05) is 6.07 Å². The molecule has 1 aromatic rings. The largest absolute Gasteiger partial charge is 0.375 e. The number of hydrogen-bond acceptors (Lipinski definition) is 5. The first kappa shape index (κ1) is 21.3. The molecule has 0 amide bonds. The highest BCUT2D eigenvalue weighted by molar-refractivity contribution is 6.02. The van der Waals surface area contributed by atoms with Gasteiger partial charge in [-0.15, -0.1) is 0 Å². The van der Waals surface area contributed by atoms with E-state index in [1.165, 1.54) is 0 Å². The second-order valence-electron chi connectivity index (χ2n) is 9.41. The molecule has 0 spiro atoms. The molecule has 6 heteroatoms. The summed E-state index contributed by atoms with van der Waals surface area (Å²) < 4.78 is 19.8.